The van der Waals surface area contributed by atoms with Gasteiger partial charge in [-0.2, -0.15) is 0 Å². The van der Waals surface area contributed by atoms with E-state index in [0.717, 1.165) is 34.3 Å². The average Bonchev–Trinajstić information content (AvgIpc) is 3.02. The Bertz CT molecular complexity index is 986. The van der Waals surface area contributed by atoms with Gasteiger partial charge < -0.3 is 14.0 Å². The highest BCUT2D eigenvalue weighted by molar-refractivity contribution is 5.88. The first-order chi connectivity index (χ1) is 13.9. The van der Waals surface area contributed by atoms with E-state index >= 15 is 0 Å². The molecule has 0 aliphatic heterocycles. The van der Waals surface area contributed by atoms with Crippen LogP contribution in [0.3, 0.4) is 0 Å². The first-order valence-electron chi connectivity index (χ1n) is 9.52. The highest BCUT2D eigenvalue weighted by Crippen LogP contribution is 2.32. The third-order valence-corrected chi connectivity index (χ3v) is 4.30. The molecule has 1 aromatic heterocycles. The van der Waals surface area contributed by atoms with E-state index in [4.69, 9.17) is 9.47 Å². The maximum absolute atomic E-state index is 12.3. The molecule has 0 saturated heterocycles. The minimum Gasteiger partial charge on any atom is -0.473 e. The predicted octanol–water partition coefficient (Wildman–Crippen LogP) is 6.01. The summed E-state index contributed by atoms with van der Waals surface area (Å²) in [4.78, 5) is 12.3. The van der Waals surface area contributed by atoms with E-state index in [9.17, 15) is 4.79 Å². The minimum absolute atomic E-state index is 0.425. The molecule has 0 amide bonds. The van der Waals surface area contributed by atoms with Gasteiger partial charge in [-0.3, -0.25) is 0 Å². The number of nitrogens with zero attached hydrogens (tertiary/aromatic N) is 1. The quantitative estimate of drug-likeness (QED) is 0.381. The van der Waals surface area contributed by atoms with Crippen LogP contribution in [-0.2, 0) is 16.1 Å². The molecule has 0 saturated carbocycles. The SMILES string of the molecule is C=C(C)Cn1c(C)cc2c(OC(C(=O)OC)c3ccccc3)cccc21.C=CC. The van der Waals surface area contributed by atoms with E-state index < -0.39 is 12.1 Å². The fraction of sp³-hybridized carbons (Fsp3) is 0.240. The van der Waals surface area contributed by atoms with Crippen molar-refractivity contribution < 1.29 is 14.3 Å². The van der Waals surface area contributed by atoms with Gasteiger partial charge >= 0.3 is 5.97 Å². The molecule has 1 heterocycles. The van der Waals surface area contributed by atoms with Crippen molar-refractivity contribution in [1.29, 1.82) is 0 Å². The van der Waals surface area contributed by atoms with Gasteiger partial charge in [-0.05, 0) is 39.0 Å². The highest BCUT2D eigenvalue weighted by Gasteiger charge is 2.24. The number of ether oxygens (including phenoxy) is 2. The zero-order valence-electron chi connectivity index (χ0n) is 17.6. The number of benzene rings is 2. The van der Waals surface area contributed by atoms with Crippen LogP contribution < -0.4 is 4.74 Å². The van der Waals surface area contributed by atoms with Crippen LogP contribution in [0.2, 0.25) is 0 Å². The summed E-state index contributed by atoms with van der Waals surface area (Å²) in [6.45, 7) is 14.1. The number of carbonyl (C=O) groups is 1. The van der Waals surface area contributed by atoms with Crippen LogP contribution in [0.1, 0.15) is 31.2 Å². The highest BCUT2D eigenvalue weighted by atomic mass is 16.6. The summed E-state index contributed by atoms with van der Waals surface area (Å²) in [5, 5.41) is 0.969. The molecule has 0 bridgehead atoms. The van der Waals surface area contributed by atoms with E-state index in [2.05, 4.69) is 30.7 Å². The third kappa shape index (κ3) is 5.38. The molecule has 4 heteroatoms. The fourth-order valence-corrected chi connectivity index (χ4v) is 3.09. The van der Waals surface area contributed by atoms with Gasteiger partial charge in [0.2, 0.25) is 6.10 Å². The molecule has 4 nitrogen and oxygen atoms in total. The van der Waals surface area contributed by atoms with Crippen molar-refractivity contribution >= 4 is 16.9 Å². The van der Waals surface area contributed by atoms with Gasteiger partial charge in [-0.1, -0.05) is 54.6 Å². The van der Waals surface area contributed by atoms with Crippen LogP contribution in [0, 0.1) is 6.92 Å². The van der Waals surface area contributed by atoms with E-state index in [0.29, 0.717) is 5.75 Å². The molecule has 1 unspecified atom stereocenters. The van der Waals surface area contributed by atoms with Crippen molar-refractivity contribution in [2.75, 3.05) is 7.11 Å². The van der Waals surface area contributed by atoms with Crippen LogP contribution >= 0.6 is 0 Å². The Morgan fingerprint density at radius 1 is 1.17 bits per heavy atom. The Morgan fingerprint density at radius 3 is 2.41 bits per heavy atom. The maximum Gasteiger partial charge on any atom is 0.351 e. The van der Waals surface area contributed by atoms with Crippen LogP contribution in [0.5, 0.6) is 5.75 Å². The molecule has 0 fully saturated rings. The average molecular weight is 392 g/mol. The number of rotatable bonds is 6. The summed E-state index contributed by atoms with van der Waals surface area (Å²) in [5.41, 5.74) is 4.01. The number of hydrogen-bond acceptors (Lipinski definition) is 3. The predicted molar refractivity (Wildman–Crippen MR) is 119 cm³/mol. The van der Waals surface area contributed by atoms with Crippen LogP contribution in [0.4, 0.5) is 0 Å². The largest absolute Gasteiger partial charge is 0.473 e. The minimum atomic E-state index is -0.809. The van der Waals surface area contributed by atoms with Crippen molar-refractivity contribution in [1.82, 2.24) is 4.57 Å². The van der Waals surface area contributed by atoms with Crippen LogP contribution in [-0.4, -0.2) is 17.6 Å². The Hall–Kier alpha value is -3.27. The van der Waals surface area contributed by atoms with Gasteiger partial charge in [0, 0.05) is 23.2 Å². The number of esters is 1. The lowest BCUT2D eigenvalue weighted by Crippen LogP contribution is -2.20. The van der Waals surface area contributed by atoms with E-state index in [1.54, 1.807) is 6.08 Å². The smallest absolute Gasteiger partial charge is 0.351 e. The van der Waals surface area contributed by atoms with Crippen molar-refractivity contribution in [3.05, 3.63) is 90.7 Å². The van der Waals surface area contributed by atoms with Gasteiger partial charge in [-0.25, -0.2) is 4.79 Å². The van der Waals surface area contributed by atoms with Crippen molar-refractivity contribution in [3.8, 4) is 5.75 Å². The molecule has 1 atom stereocenters. The first-order valence-corrected chi connectivity index (χ1v) is 9.52. The number of hydrogen-bond donors (Lipinski definition) is 0. The second kappa shape index (κ2) is 10.3. The summed E-state index contributed by atoms with van der Waals surface area (Å²) in [5.74, 6) is 0.233. The Balaban J connectivity index is 0.000000941. The number of aryl methyl sites for hydroxylation is 1. The normalized spacial score (nSPS) is 11.2. The number of carbonyl (C=O) groups excluding carboxylic acids is 1. The van der Waals surface area contributed by atoms with Crippen LogP contribution in [0.25, 0.3) is 10.9 Å². The lowest BCUT2D eigenvalue weighted by Gasteiger charge is -2.18. The van der Waals surface area contributed by atoms with Gasteiger partial charge in [0.15, 0.2) is 0 Å². The molecule has 3 aromatic rings. The second-order valence-electron chi connectivity index (χ2n) is 6.86. The van der Waals surface area contributed by atoms with Gasteiger partial charge in [0.1, 0.15) is 5.75 Å². The Labute approximate surface area is 173 Å². The van der Waals surface area contributed by atoms with Crippen molar-refractivity contribution in [2.24, 2.45) is 0 Å². The fourth-order valence-electron chi connectivity index (χ4n) is 3.09. The monoisotopic (exact) mass is 391 g/mol. The lowest BCUT2D eigenvalue weighted by molar-refractivity contribution is -0.149. The van der Waals surface area contributed by atoms with Gasteiger partial charge in [0.25, 0.3) is 0 Å². The third-order valence-electron chi connectivity index (χ3n) is 4.30. The Morgan fingerprint density at radius 2 is 1.83 bits per heavy atom. The van der Waals surface area contributed by atoms with Crippen molar-refractivity contribution in [3.63, 3.8) is 0 Å². The van der Waals surface area contributed by atoms with Crippen LogP contribution in [0.15, 0.2) is 79.4 Å². The number of fused-ring (bicyclic) bond motifs is 1. The summed E-state index contributed by atoms with van der Waals surface area (Å²) in [6.07, 6.45) is 0.941. The van der Waals surface area contributed by atoms with E-state index in [-0.39, 0.29) is 0 Å². The van der Waals surface area contributed by atoms with E-state index in [1.165, 1.54) is 7.11 Å². The Kier molecular flexibility index (Phi) is 7.84. The summed E-state index contributed by atoms with van der Waals surface area (Å²) in [7, 11) is 1.37. The summed E-state index contributed by atoms with van der Waals surface area (Å²) >= 11 is 0. The molecule has 0 N–H and O–H groups in total. The lowest BCUT2D eigenvalue weighted by atomic mass is 10.1. The zero-order valence-corrected chi connectivity index (χ0v) is 17.6. The topological polar surface area (TPSA) is 40.5 Å². The maximum atomic E-state index is 12.3. The summed E-state index contributed by atoms with van der Waals surface area (Å²) in [6, 6.07) is 17.3. The number of methoxy groups -OCH3 is 1. The molecular weight excluding hydrogens is 362 g/mol. The van der Waals surface area contributed by atoms with E-state index in [1.807, 2.05) is 62.4 Å². The molecule has 0 spiro atoms. The van der Waals surface area contributed by atoms with Gasteiger partial charge in [-0.15, -0.1) is 6.58 Å². The zero-order chi connectivity index (χ0) is 21.4. The molecule has 3 rings (SSSR count). The van der Waals surface area contributed by atoms with Gasteiger partial charge in [0.05, 0.1) is 12.6 Å². The number of aromatic nitrogens is 1. The first kappa shape index (κ1) is 22.0. The standard InChI is InChI=1S/C22H23NO3.C3H6/c1-15(2)14-23-16(3)13-18-19(23)11-8-12-20(18)26-21(22(24)25-4)17-9-6-5-7-10-17;1-3-2/h5-13,21H,1,14H2,2-4H3;3H,1H2,2H3. The van der Waals surface area contributed by atoms with Crippen molar-refractivity contribution in [2.45, 2.75) is 33.4 Å². The molecular formula is C25H29NO3. The number of allylic oxidation sites excluding steroid dienone is 2. The molecule has 0 aliphatic carbocycles. The molecule has 0 aliphatic rings. The molecule has 152 valence electrons. The summed E-state index contributed by atoms with van der Waals surface area (Å²) < 4.78 is 13.3. The second-order valence-corrected chi connectivity index (χ2v) is 6.86. The molecule has 0 radical (unpaired) electrons. The molecule has 2 aromatic carbocycles. The molecule has 29 heavy (non-hydrogen) atoms.